The van der Waals surface area contributed by atoms with Crippen LogP contribution >= 0.6 is 12.6 Å². The van der Waals surface area contributed by atoms with E-state index >= 15 is 0 Å². The van der Waals surface area contributed by atoms with Crippen LogP contribution < -0.4 is 4.74 Å². The summed E-state index contributed by atoms with van der Waals surface area (Å²) in [5.41, 5.74) is 1.16. The molecular formula is C10H14OS. The quantitative estimate of drug-likeness (QED) is 0.558. The second-order valence-electron chi connectivity index (χ2n) is 2.75. The number of rotatable bonds is 3. The first-order chi connectivity index (χ1) is 5.74. The van der Waals surface area contributed by atoms with Gasteiger partial charge in [0.05, 0.1) is 0 Å². The molecule has 1 atom stereocenters. The van der Waals surface area contributed by atoms with E-state index in [4.69, 9.17) is 4.74 Å². The normalized spacial score (nSPS) is 12.6. The van der Waals surface area contributed by atoms with Gasteiger partial charge < -0.3 is 4.74 Å². The highest BCUT2D eigenvalue weighted by atomic mass is 32.1. The van der Waals surface area contributed by atoms with Crippen LogP contribution in [0, 0.1) is 6.92 Å². The van der Waals surface area contributed by atoms with Crippen LogP contribution in [0.15, 0.2) is 24.3 Å². The zero-order valence-electron chi connectivity index (χ0n) is 7.45. The van der Waals surface area contributed by atoms with Crippen LogP contribution in [0.2, 0.25) is 0 Å². The lowest BCUT2D eigenvalue weighted by Crippen LogP contribution is -2.07. The Kier molecular flexibility index (Phi) is 3.48. The molecule has 1 nitrogen and oxygen atoms in total. The minimum atomic E-state index is 0.00565. The lowest BCUT2D eigenvalue weighted by Gasteiger charge is -2.13. The Hall–Kier alpha value is -0.630. The van der Waals surface area contributed by atoms with Crippen molar-refractivity contribution in [2.24, 2.45) is 0 Å². The first-order valence-electron chi connectivity index (χ1n) is 4.14. The van der Waals surface area contributed by atoms with Crippen LogP contribution in [0.4, 0.5) is 0 Å². The highest BCUT2D eigenvalue weighted by molar-refractivity contribution is 7.80. The molecular weight excluding hydrogens is 168 g/mol. The Morgan fingerprint density at radius 1 is 1.42 bits per heavy atom. The number of thiol groups is 1. The van der Waals surface area contributed by atoms with Crippen molar-refractivity contribution in [1.29, 1.82) is 0 Å². The van der Waals surface area contributed by atoms with Crippen LogP contribution in [0.1, 0.15) is 18.9 Å². The van der Waals surface area contributed by atoms with Gasteiger partial charge in [-0.2, -0.15) is 0 Å². The number of benzene rings is 1. The van der Waals surface area contributed by atoms with Crippen molar-refractivity contribution in [2.75, 3.05) is 0 Å². The third-order valence-corrected chi connectivity index (χ3v) is 2.18. The molecule has 1 unspecified atom stereocenters. The van der Waals surface area contributed by atoms with E-state index < -0.39 is 0 Å². The fourth-order valence-electron chi connectivity index (χ4n) is 0.919. The SMILES string of the molecule is CCC(S)Oc1ccccc1C. The molecule has 0 saturated carbocycles. The van der Waals surface area contributed by atoms with Crippen molar-refractivity contribution in [1.82, 2.24) is 0 Å². The molecule has 0 heterocycles. The molecule has 12 heavy (non-hydrogen) atoms. The molecule has 0 aliphatic carbocycles. The van der Waals surface area contributed by atoms with Gasteiger partial charge in [0.25, 0.3) is 0 Å². The molecule has 0 spiro atoms. The van der Waals surface area contributed by atoms with Gasteiger partial charge in [-0.3, -0.25) is 0 Å². The van der Waals surface area contributed by atoms with Crippen LogP contribution in [0.3, 0.4) is 0 Å². The molecule has 0 N–H and O–H groups in total. The summed E-state index contributed by atoms with van der Waals surface area (Å²) in [5, 5.41) is 0. The van der Waals surface area contributed by atoms with E-state index in [2.05, 4.69) is 19.6 Å². The van der Waals surface area contributed by atoms with E-state index in [0.717, 1.165) is 17.7 Å². The van der Waals surface area contributed by atoms with Gasteiger partial charge in [0.2, 0.25) is 0 Å². The summed E-state index contributed by atoms with van der Waals surface area (Å²) in [4.78, 5) is 0. The van der Waals surface area contributed by atoms with E-state index in [0.29, 0.717) is 0 Å². The first kappa shape index (κ1) is 9.46. The summed E-state index contributed by atoms with van der Waals surface area (Å²) >= 11 is 4.27. The minimum absolute atomic E-state index is 0.00565. The lowest BCUT2D eigenvalue weighted by atomic mass is 10.2. The maximum atomic E-state index is 5.56. The van der Waals surface area contributed by atoms with Crippen LogP contribution in [0.5, 0.6) is 5.75 Å². The summed E-state index contributed by atoms with van der Waals surface area (Å²) in [6, 6.07) is 7.97. The van der Waals surface area contributed by atoms with Crippen molar-refractivity contribution in [3.05, 3.63) is 29.8 Å². The zero-order chi connectivity index (χ0) is 8.97. The molecule has 0 aromatic heterocycles. The molecule has 2 heteroatoms. The molecule has 0 amide bonds. The number of para-hydroxylation sites is 1. The van der Waals surface area contributed by atoms with Gasteiger partial charge in [-0.05, 0) is 25.0 Å². The molecule has 0 aliphatic heterocycles. The van der Waals surface area contributed by atoms with Gasteiger partial charge in [-0.15, -0.1) is 12.6 Å². The number of hydrogen-bond acceptors (Lipinski definition) is 2. The van der Waals surface area contributed by atoms with Crippen LogP contribution in [-0.2, 0) is 0 Å². The summed E-state index contributed by atoms with van der Waals surface area (Å²) in [5.74, 6) is 0.930. The van der Waals surface area contributed by atoms with Crippen molar-refractivity contribution < 1.29 is 4.74 Å². The molecule has 0 radical (unpaired) electrons. The largest absolute Gasteiger partial charge is 0.480 e. The van der Waals surface area contributed by atoms with Crippen molar-refractivity contribution in [3.8, 4) is 5.75 Å². The smallest absolute Gasteiger partial charge is 0.141 e. The monoisotopic (exact) mass is 182 g/mol. The maximum absolute atomic E-state index is 5.56. The van der Waals surface area contributed by atoms with Crippen LogP contribution in [0.25, 0.3) is 0 Å². The Balaban J connectivity index is 2.69. The summed E-state index contributed by atoms with van der Waals surface area (Å²) in [6.07, 6.45) is 0.914. The summed E-state index contributed by atoms with van der Waals surface area (Å²) in [7, 11) is 0. The topological polar surface area (TPSA) is 9.23 Å². The highest BCUT2D eigenvalue weighted by Gasteiger charge is 2.02. The standard InChI is InChI=1S/C10H14OS/c1-3-10(12)11-9-7-5-4-6-8(9)2/h4-7,10,12H,3H2,1-2H3. The number of hydrogen-bond donors (Lipinski definition) is 1. The van der Waals surface area contributed by atoms with E-state index in [1.165, 1.54) is 0 Å². The van der Waals surface area contributed by atoms with Gasteiger partial charge in [-0.25, -0.2) is 0 Å². The van der Waals surface area contributed by atoms with Gasteiger partial charge >= 0.3 is 0 Å². The van der Waals surface area contributed by atoms with Crippen molar-refractivity contribution in [2.45, 2.75) is 25.7 Å². The van der Waals surface area contributed by atoms with Gasteiger partial charge in [0, 0.05) is 0 Å². The Morgan fingerprint density at radius 3 is 2.67 bits per heavy atom. The van der Waals surface area contributed by atoms with Gasteiger partial charge in [0.1, 0.15) is 11.2 Å². The first-order valence-corrected chi connectivity index (χ1v) is 4.66. The maximum Gasteiger partial charge on any atom is 0.141 e. The molecule has 1 rings (SSSR count). The molecule has 1 aromatic carbocycles. The van der Waals surface area contributed by atoms with Gasteiger partial charge in [-0.1, -0.05) is 25.1 Å². The van der Waals surface area contributed by atoms with E-state index in [-0.39, 0.29) is 5.44 Å². The van der Waals surface area contributed by atoms with E-state index in [9.17, 15) is 0 Å². The fourth-order valence-corrected chi connectivity index (χ4v) is 1.03. The number of ether oxygens (including phenoxy) is 1. The molecule has 0 aliphatic rings. The molecule has 0 fully saturated rings. The predicted octanol–water partition coefficient (Wildman–Crippen LogP) is 3.04. The predicted molar refractivity (Wildman–Crippen MR) is 54.9 cm³/mol. The Bertz CT molecular complexity index is 247. The third-order valence-electron chi connectivity index (χ3n) is 1.71. The molecule has 1 aromatic rings. The third kappa shape index (κ3) is 2.45. The molecule has 0 saturated heterocycles. The Labute approximate surface area is 79.2 Å². The average molecular weight is 182 g/mol. The average Bonchev–Trinajstić information content (AvgIpc) is 2.09. The Morgan fingerprint density at radius 2 is 2.08 bits per heavy atom. The summed E-state index contributed by atoms with van der Waals surface area (Å²) < 4.78 is 5.56. The van der Waals surface area contributed by atoms with Crippen molar-refractivity contribution in [3.63, 3.8) is 0 Å². The van der Waals surface area contributed by atoms with E-state index in [1.54, 1.807) is 0 Å². The lowest BCUT2D eigenvalue weighted by molar-refractivity contribution is 0.284. The molecule has 0 bridgehead atoms. The minimum Gasteiger partial charge on any atom is -0.480 e. The summed E-state index contributed by atoms with van der Waals surface area (Å²) in [6.45, 7) is 4.08. The second kappa shape index (κ2) is 4.41. The fraction of sp³-hybridized carbons (Fsp3) is 0.400. The second-order valence-corrected chi connectivity index (χ2v) is 3.32. The number of aryl methyl sites for hydroxylation is 1. The molecule has 66 valence electrons. The van der Waals surface area contributed by atoms with Crippen molar-refractivity contribution >= 4 is 12.6 Å². The van der Waals surface area contributed by atoms with Crippen LogP contribution in [-0.4, -0.2) is 5.44 Å². The zero-order valence-corrected chi connectivity index (χ0v) is 8.34. The van der Waals surface area contributed by atoms with E-state index in [1.807, 2.05) is 31.2 Å². The van der Waals surface area contributed by atoms with Gasteiger partial charge in [0.15, 0.2) is 0 Å². The highest BCUT2D eigenvalue weighted by Crippen LogP contribution is 2.19.